The molecule has 1 saturated carbocycles. The second-order valence-electron chi connectivity index (χ2n) is 4.35. The van der Waals surface area contributed by atoms with E-state index < -0.39 is 17.8 Å². The smallest absolute Gasteiger partial charge is 0.307 e. The first-order valence-electron chi connectivity index (χ1n) is 5.55. The lowest BCUT2D eigenvalue weighted by atomic mass is 10.2. The first-order valence-corrected chi connectivity index (χ1v) is 5.55. The van der Waals surface area contributed by atoms with Crippen LogP contribution in [0.25, 0.3) is 0 Å². The van der Waals surface area contributed by atoms with Crippen LogP contribution in [0.1, 0.15) is 12.0 Å². The lowest BCUT2D eigenvalue weighted by Crippen LogP contribution is -2.29. The van der Waals surface area contributed by atoms with E-state index >= 15 is 0 Å². The average Bonchev–Trinajstić information content (AvgIpc) is 3.17. The van der Waals surface area contributed by atoms with Crippen LogP contribution in [-0.4, -0.2) is 24.0 Å². The van der Waals surface area contributed by atoms with Gasteiger partial charge in [0.2, 0.25) is 5.91 Å². The average molecular weight is 244 g/mol. The zero-order valence-electron chi connectivity index (χ0n) is 9.83. The van der Waals surface area contributed by atoms with Crippen molar-refractivity contribution in [3.8, 4) is 6.07 Å². The molecule has 18 heavy (non-hydrogen) atoms. The minimum Gasteiger partial charge on any atom is -0.481 e. The molecular weight excluding hydrogens is 232 g/mol. The highest BCUT2D eigenvalue weighted by atomic mass is 16.4. The van der Waals surface area contributed by atoms with Gasteiger partial charge in [0.05, 0.1) is 23.5 Å². The maximum atomic E-state index is 12.0. The van der Waals surface area contributed by atoms with Crippen molar-refractivity contribution >= 4 is 17.6 Å². The summed E-state index contributed by atoms with van der Waals surface area (Å²) in [6.07, 6.45) is 0.399. The van der Waals surface area contributed by atoms with Crippen molar-refractivity contribution in [1.29, 1.82) is 5.26 Å². The van der Waals surface area contributed by atoms with E-state index in [4.69, 9.17) is 10.4 Å². The number of carboxylic acid groups (broad SMARTS) is 1. The van der Waals surface area contributed by atoms with Gasteiger partial charge in [0.1, 0.15) is 0 Å². The summed E-state index contributed by atoms with van der Waals surface area (Å²) in [6.45, 7) is 0. The molecule has 1 aliphatic rings. The molecule has 0 aliphatic heterocycles. The molecule has 1 fully saturated rings. The monoisotopic (exact) mass is 244 g/mol. The van der Waals surface area contributed by atoms with Gasteiger partial charge in [0, 0.05) is 12.7 Å². The Morgan fingerprint density at radius 2 is 2.17 bits per heavy atom. The lowest BCUT2D eigenvalue weighted by molar-refractivity contribution is -0.139. The highest BCUT2D eigenvalue weighted by molar-refractivity contribution is 5.99. The van der Waals surface area contributed by atoms with E-state index in [1.54, 1.807) is 31.3 Å². The van der Waals surface area contributed by atoms with Crippen LogP contribution in [0.5, 0.6) is 0 Å². The summed E-state index contributed by atoms with van der Waals surface area (Å²) < 4.78 is 0. The van der Waals surface area contributed by atoms with Gasteiger partial charge in [-0.2, -0.15) is 5.26 Å². The molecule has 92 valence electrons. The molecule has 5 nitrogen and oxygen atoms in total. The molecule has 1 N–H and O–H groups in total. The number of rotatable bonds is 3. The predicted molar refractivity (Wildman–Crippen MR) is 63.8 cm³/mol. The van der Waals surface area contributed by atoms with Crippen molar-refractivity contribution in [1.82, 2.24) is 0 Å². The van der Waals surface area contributed by atoms with Crippen molar-refractivity contribution in [2.45, 2.75) is 6.42 Å². The predicted octanol–water partition coefficient (Wildman–Crippen LogP) is 1.24. The van der Waals surface area contributed by atoms with Crippen LogP contribution in [0, 0.1) is 23.2 Å². The van der Waals surface area contributed by atoms with E-state index in [9.17, 15) is 9.59 Å². The largest absolute Gasteiger partial charge is 0.481 e. The molecular formula is C13H12N2O3. The molecule has 5 heteroatoms. The molecule has 2 rings (SSSR count). The molecule has 2 atom stereocenters. The van der Waals surface area contributed by atoms with Gasteiger partial charge < -0.3 is 10.0 Å². The van der Waals surface area contributed by atoms with Gasteiger partial charge in [-0.25, -0.2) is 0 Å². The summed E-state index contributed by atoms with van der Waals surface area (Å²) >= 11 is 0. The van der Waals surface area contributed by atoms with Gasteiger partial charge >= 0.3 is 5.97 Å². The minimum absolute atomic E-state index is 0.211. The maximum Gasteiger partial charge on any atom is 0.307 e. The number of hydrogen-bond acceptors (Lipinski definition) is 3. The standard InChI is InChI=1S/C13H12N2O3/c1-15(9-4-2-3-8(5-9)7-14)12(16)10-6-11(10)13(17)18/h2-5,10-11H,6H2,1H3,(H,17,18). The van der Waals surface area contributed by atoms with Crippen LogP contribution in [-0.2, 0) is 9.59 Å². The molecule has 0 spiro atoms. The van der Waals surface area contributed by atoms with Crippen molar-refractivity contribution in [2.24, 2.45) is 11.8 Å². The van der Waals surface area contributed by atoms with E-state index in [0.29, 0.717) is 17.7 Å². The zero-order chi connectivity index (χ0) is 13.3. The molecule has 1 aromatic carbocycles. The number of benzene rings is 1. The molecule has 1 aromatic rings. The van der Waals surface area contributed by atoms with Gasteiger partial charge in [-0.15, -0.1) is 0 Å². The Bertz CT molecular complexity index is 547. The SMILES string of the molecule is CN(C(=O)C1CC1C(=O)O)c1cccc(C#N)c1. The molecule has 0 bridgehead atoms. The van der Waals surface area contributed by atoms with Crippen LogP contribution in [0.3, 0.4) is 0 Å². The highest BCUT2D eigenvalue weighted by Crippen LogP contribution is 2.40. The third kappa shape index (κ3) is 2.18. The third-order valence-corrected chi connectivity index (χ3v) is 3.12. The fourth-order valence-corrected chi connectivity index (χ4v) is 1.90. The third-order valence-electron chi connectivity index (χ3n) is 3.12. The Kier molecular flexibility index (Phi) is 3.02. The van der Waals surface area contributed by atoms with Crippen LogP contribution in [0.15, 0.2) is 24.3 Å². The Labute approximate surface area is 104 Å². The maximum absolute atomic E-state index is 12.0. The quantitative estimate of drug-likeness (QED) is 0.867. The Balaban J connectivity index is 2.12. The van der Waals surface area contributed by atoms with Crippen LogP contribution in [0.2, 0.25) is 0 Å². The van der Waals surface area contributed by atoms with E-state index in [-0.39, 0.29) is 5.91 Å². The number of nitriles is 1. The fraction of sp³-hybridized carbons (Fsp3) is 0.308. The number of amides is 1. The summed E-state index contributed by atoms with van der Waals surface area (Å²) in [5.41, 5.74) is 1.08. The second kappa shape index (κ2) is 4.49. The first kappa shape index (κ1) is 12.1. The second-order valence-corrected chi connectivity index (χ2v) is 4.35. The number of carboxylic acids is 1. The van der Waals surface area contributed by atoms with Crippen molar-refractivity contribution < 1.29 is 14.7 Å². The van der Waals surface area contributed by atoms with Crippen LogP contribution >= 0.6 is 0 Å². The van der Waals surface area contributed by atoms with E-state index in [2.05, 4.69) is 0 Å². The van der Waals surface area contributed by atoms with E-state index in [1.165, 1.54) is 4.90 Å². The summed E-state index contributed by atoms with van der Waals surface area (Å²) in [4.78, 5) is 24.1. The normalized spacial score (nSPS) is 20.9. The summed E-state index contributed by atoms with van der Waals surface area (Å²) in [5, 5.41) is 17.6. The Morgan fingerprint density at radius 3 is 2.72 bits per heavy atom. The molecule has 1 aliphatic carbocycles. The molecule has 0 heterocycles. The number of carbonyl (C=O) groups excluding carboxylic acids is 1. The van der Waals surface area contributed by atoms with E-state index in [0.717, 1.165) is 0 Å². The van der Waals surface area contributed by atoms with E-state index in [1.807, 2.05) is 6.07 Å². The van der Waals surface area contributed by atoms with Gasteiger partial charge in [-0.1, -0.05) is 6.07 Å². The zero-order valence-corrected chi connectivity index (χ0v) is 9.83. The Morgan fingerprint density at radius 1 is 1.44 bits per heavy atom. The summed E-state index contributed by atoms with van der Waals surface area (Å²) in [7, 11) is 1.59. The number of hydrogen-bond donors (Lipinski definition) is 1. The van der Waals surface area contributed by atoms with Gasteiger partial charge in [0.25, 0.3) is 0 Å². The van der Waals surface area contributed by atoms with Crippen molar-refractivity contribution in [3.63, 3.8) is 0 Å². The molecule has 0 saturated heterocycles. The highest BCUT2D eigenvalue weighted by Gasteiger charge is 2.49. The lowest BCUT2D eigenvalue weighted by Gasteiger charge is -2.17. The minimum atomic E-state index is -0.924. The number of nitrogens with zero attached hydrogens (tertiary/aromatic N) is 2. The Hall–Kier alpha value is -2.35. The van der Waals surface area contributed by atoms with Gasteiger partial charge in [-0.05, 0) is 24.6 Å². The van der Waals surface area contributed by atoms with Gasteiger partial charge in [0.15, 0.2) is 0 Å². The number of anilines is 1. The summed E-state index contributed by atoms with van der Waals surface area (Å²) in [5.74, 6) is -2.12. The molecule has 1 amide bonds. The number of aliphatic carboxylic acids is 1. The molecule has 2 unspecified atom stereocenters. The molecule has 0 aromatic heterocycles. The molecule has 0 radical (unpaired) electrons. The van der Waals surface area contributed by atoms with Crippen molar-refractivity contribution in [2.75, 3.05) is 11.9 Å². The number of carbonyl (C=O) groups is 2. The van der Waals surface area contributed by atoms with Crippen LogP contribution < -0.4 is 4.90 Å². The van der Waals surface area contributed by atoms with Crippen LogP contribution in [0.4, 0.5) is 5.69 Å². The topological polar surface area (TPSA) is 81.4 Å². The van der Waals surface area contributed by atoms with Gasteiger partial charge in [-0.3, -0.25) is 9.59 Å². The summed E-state index contributed by atoms with van der Waals surface area (Å²) in [6, 6.07) is 8.67. The fourth-order valence-electron chi connectivity index (χ4n) is 1.90. The first-order chi connectivity index (χ1) is 8.54. The van der Waals surface area contributed by atoms with Crippen molar-refractivity contribution in [3.05, 3.63) is 29.8 Å².